The van der Waals surface area contributed by atoms with Crippen LogP contribution in [0, 0.1) is 0 Å². The summed E-state index contributed by atoms with van der Waals surface area (Å²) in [7, 11) is 0. The quantitative estimate of drug-likeness (QED) is 0.643. The number of aromatic hydroxyl groups is 1. The lowest BCUT2D eigenvalue weighted by Gasteiger charge is -2.04. The van der Waals surface area contributed by atoms with Crippen LogP contribution in [0.1, 0.15) is 0 Å². The number of hydrogen-bond acceptors (Lipinski definition) is 6. The average molecular weight is 286 g/mol. The van der Waals surface area contributed by atoms with Gasteiger partial charge in [0.2, 0.25) is 5.95 Å². The van der Waals surface area contributed by atoms with Gasteiger partial charge in [-0.25, -0.2) is 0 Å². The molecule has 0 aliphatic rings. The van der Waals surface area contributed by atoms with Crippen LogP contribution in [0.5, 0.6) is 5.75 Å². The van der Waals surface area contributed by atoms with E-state index in [9.17, 15) is 9.90 Å². The molecule has 3 N–H and O–H groups in total. The van der Waals surface area contributed by atoms with Gasteiger partial charge in [-0.2, -0.15) is 0 Å². The van der Waals surface area contributed by atoms with E-state index in [1.54, 1.807) is 12.1 Å². The number of thiophene rings is 1. The standard InChI is InChI=1S/C13H10N4O2S/c18-9-5-3-8(4-6-9)14-13-15-12(19)11(16-17-13)10-2-1-7-20-10/h1-7,18H,(H2,14,15,17,19). The summed E-state index contributed by atoms with van der Waals surface area (Å²) in [6, 6.07) is 10.1. The molecule has 20 heavy (non-hydrogen) atoms. The molecule has 0 radical (unpaired) electrons. The van der Waals surface area contributed by atoms with E-state index >= 15 is 0 Å². The molecule has 0 bridgehead atoms. The first-order valence-electron chi connectivity index (χ1n) is 5.79. The van der Waals surface area contributed by atoms with Crippen LogP contribution >= 0.6 is 11.3 Å². The molecular weight excluding hydrogens is 276 g/mol. The highest BCUT2D eigenvalue weighted by Gasteiger charge is 2.08. The maximum atomic E-state index is 12.0. The number of H-pyrrole nitrogens is 1. The van der Waals surface area contributed by atoms with Crippen molar-refractivity contribution in [2.45, 2.75) is 0 Å². The van der Waals surface area contributed by atoms with Gasteiger partial charge in [-0.3, -0.25) is 9.78 Å². The Hall–Kier alpha value is -2.67. The molecule has 1 aromatic carbocycles. The van der Waals surface area contributed by atoms with E-state index in [1.807, 2.05) is 17.5 Å². The van der Waals surface area contributed by atoms with Crippen LogP contribution in [-0.2, 0) is 0 Å². The molecule has 0 fully saturated rings. The smallest absolute Gasteiger partial charge is 0.280 e. The van der Waals surface area contributed by atoms with Crippen molar-refractivity contribution in [2.24, 2.45) is 0 Å². The highest BCUT2D eigenvalue weighted by molar-refractivity contribution is 7.13. The van der Waals surface area contributed by atoms with Crippen molar-refractivity contribution in [1.29, 1.82) is 0 Å². The zero-order valence-corrected chi connectivity index (χ0v) is 11.0. The Morgan fingerprint density at radius 1 is 1.15 bits per heavy atom. The molecule has 3 aromatic rings. The third-order valence-corrected chi connectivity index (χ3v) is 3.46. The number of aromatic amines is 1. The zero-order chi connectivity index (χ0) is 13.9. The number of nitrogens with one attached hydrogen (secondary N) is 2. The Bertz CT molecular complexity index is 766. The maximum Gasteiger partial charge on any atom is 0.280 e. The summed E-state index contributed by atoms with van der Waals surface area (Å²) in [6.07, 6.45) is 0. The van der Waals surface area contributed by atoms with Crippen LogP contribution in [0.25, 0.3) is 10.6 Å². The lowest BCUT2D eigenvalue weighted by molar-refractivity contribution is 0.475. The first-order chi connectivity index (χ1) is 9.72. The van der Waals surface area contributed by atoms with E-state index in [0.717, 1.165) is 4.88 Å². The molecule has 0 amide bonds. The van der Waals surface area contributed by atoms with Crippen LogP contribution in [-0.4, -0.2) is 20.3 Å². The Labute approximate surface area is 117 Å². The number of phenolic OH excluding ortho intramolecular Hbond substituents is 1. The largest absolute Gasteiger partial charge is 0.508 e. The molecule has 0 saturated carbocycles. The number of phenols is 1. The summed E-state index contributed by atoms with van der Waals surface area (Å²) in [6.45, 7) is 0. The lowest BCUT2D eigenvalue weighted by atomic mass is 10.3. The minimum absolute atomic E-state index is 0.170. The van der Waals surface area contributed by atoms with E-state index in [-0.39, 0.29) is 17.3 Å². The molecule has 0 unspecified atom stereocenters. The molecule has 0 saturated heterocycles. The monoisotopic (exact) mass is 286 g/mol. The van der Waals surface area contributed by atoms with Gasteiger partial charge in [-0.1, -0.05) is 6.07 Å². The third kappa shape index (κ3) is 2.52. The van der Waals surface area contributed by atoms with Gasteiger partial charge in [0, 0.05) is 5.69 Å². The van der Waals surface area contributed by atoms with Crippen LogP contribution < -0.4 is 10.9 Å². The SMILES string of the molecule is O=c1[nH]c(Nc2ccc(O)cc2)nnc1-c1cccs1. The fourth-order valence-electron chi connectivity index (χ4n) is 1.65. The first kappa shape index (κ1) is 12.4. The van der Waals surface area contributed by atoms with Gasteiger partial charge >= 0.3 is 0 Å². The molecule has 7 heteroatoms. The van der Waals surface area contributed by atoms with Crippen LogP contribution in [0.2, 0.25) is 0 Å². The number of benzene rings is 1. The Morgan fingerprint density at radius 3 is 2.60 bits per heavy atom. The van der Waals surface area contributed by atoms with Gasteiger partial charge in [0.25, 0.3) is 5.56 Å². The van der Waals surface area contributed by atoms with Gasteiger partial charge in [0.15, 0.2) is 5.69 Å². The second-order valence-corrected chi connectivity index (χ2v) is 4.95. The summed E-state index contributed by atoms with van der Waals surface area (Å²) in [5.74, 6) is 0.421. The van der Waals surface area contributed by atoms with E-state index < -0.39 is 0 Å². The summed E-state index contributed by atoms with van der Waals surface area (Å²) >= 11 is 1.43. The third-order valence-electron chi connectivity index (χ3n) is 2.58. The summed E-state index contributed by atoms with van der Waals surface area (Å²) in [5, 5.41) is 21.9. The van der Waals surface area contributed by atoms with Crippen molar-refractivity contribution in [1.82, 2.24) is 15.2 Å². The van der Waals surface area contributed by atoms with E-state index in [4.69, 9.17) is 0 Å². The predicted octanol–water partition coefficient (Wildman–Crippen LogP) is 2.34. The first-order valence-corrected chi connectivity index (χ1v) is 6.67. The van der Waals surface area contributed by atoms with Crippen molar-refractivity contribution < 1.29 is 5.11 Å². The number of aromatic nitrogens is 3. The fraction of sp³-hybridized carbons (Fsp3) is 0. The van der Waals surface area contributed by atoms with Crippen molar-refractivity contribution in [3.05, 3.63) is 52.1 Å². The van der Waals surface area contributed by atoms with Crippen molar-refractivity contribution in [2.75, 3.05) is 5.32 Å². The molecule has 0 atom stereocenters. The number of hydrogen-bond donors (Lipinski definition) is 3. The van der Waals surface area contributed by atoms with E-state index in [1.165, 1.54) is 23.5 Å². The molecular formula is C13H10N4O2S. The van der Waals surface area contributed by atoms with Gasteiger partial charge in [-0.15, -0.1) is 21.5 Å². The van der Waals surface area contributed by atoms with Crippen LogP contribution in [0.15, 0.2) is 46.6 Å². The highest BCUT2D eigenvalue weighted by atomic mass is 32.1. The molecule has 2 aromatic heterocycles. The van der Waals surface area contributed by atoms with Gasteiger partial charge in [0.1, 0.15) is 5.75 Å². The van der Waals surface area contributed by atoms with Crippen LogP contribution in [0.4, 0.5) is 11.6 Å². The van der Waals surface area contributed by atoms with Crippen molar-refractivity contribution in [3.8, 4) is 16.3 Å². The molecule has 100 valence electrons. The molecule has 3 rings (SSSR count). The molecule has 2 heterocycles. The number of anilines is 2. The Morgan fingerprint density at radius 2 is 1.95 bits per heavy atom. The van der Waals surface area contributed by atoms with Crippen LogP contribution in [0.3, 0.4) is 0 Å². The zero-order valence-electron chi connectivity index (χ0n) is 10.2. The molecule has 0 spiro atoms. The predicted molar refractivity (Wildman–Crippen MR) is 77.4 cm³/mol. The maximum absolute atomic E-state index is 12.0. The Kier molecular flexibility index (Phi) is 3.18. The van der Waals surface area contributed by atoms with E-state index in [2.05, 4.69) is 20.5 Å². The van der Waals surface area contributed by atoms with Crippen molar-refractivity contribution in [3.63, 3.8) is 0 Å². The second kappa shape index (κ2) is 5.14. The van der Waals surface area contributed by atoms with Gasteiger partial charge in [0.05, 0.1) is 4.88 Å². The minimum Gasteiger partial charge on any atom is -0.508 e. The average Bonchev–Trinajstić information content (AvgIpc) is 2.95. The molecule has 0 aliphatic carbocycles. The Balaban J connectivity index is 1.87. The molecule has 6 nitrogen and oxygen atoms in total. The molecule has 0 aliphatic heterocycles. The summed E-state index contributed by atoms with van der Waals surface area (Å²) in [4.78, 5) is 15.4. The highest BCUT2D eigenvalue weighted by Crippen LogP contribution is 2.19. The minimum atomic E-state index is -0.302. The summed E-state index contributed by atoms with van der Waals surface area (Å²) in [5.41, 5.74) is 0.691. The fourth-order valence-corrected chi connectivity index (χ4v) is 2.36. The van der Waals surface area contributed by atoms with Gasteiger partial charge < -0.3 is 10.4 Å². The second-order valence-electron chi connectivity index (χ2n) is 4.00. The van der Waals surface area contributed by atoms with Gasteiger partial charge in [-0.05, 0) is 35.7 Å². The topological polar surface area (TPSA) is 90.9 Å². The lowest BCUT2D eigenvalue weighted by Crippen LogP contribution is -2.15. The number of rotatable bonds is 3. The van der Waals surface area contributed by atoms with E-state index in [0.29, 0.717) is 11.4 Å². The number of nitrogens with zero attached hydrogens (tertiary/aromatic N) is 2. The normalized spacial score (nSPS) is 10.4. The van der Waals surface area contributed by atoms with Crippen molar-refractivity contribution >= 4 is 23.0 Å². The summed E-state index contributed by atoms with van der Waals surface area (Å²) < 4.78 is 0.